The molecule has 42 heavy (non-hydrogen) atoms. The Kier molecular flexibility index (Phi) is 8.56. The smallest absolute Gasteiger partial charge is 0.410 e. The SMILES string of the molecule is Cc1ccc(-n2ncc(C(=O)N3CCN(c4cc(Cl)ccc4C)CC3)c2C2CCN(C(=O)OC(C)(C)C)CC2)cc1C. The summed E-state index contributed by atoms with van der Waals surface area (Å²) in [6, 6.07) is 12.2. The molecule has 0 spiro atoms. The summed E-state index contributed by atoms with van der Waals surface area (Å²) in [5.41, 5.74) is 6.67. The van der Waals surface area contributed by atoms with Gasteiger partial charge in [-0.3, -0.25) is 4.79 Å². The molecule has 0 aliphatic carbocycles. The first-order chi connectivity index (χ1) is 19.9. The number of piperazine rings is 1. The second kappa shape index (κ2) is 12.0. The third-order valence-electron chi connectivity index (χ3n) is 8.38. The molecule has 0 bridgehead atoms. The number of piperidine rings is 1. The van der Waals surface area contributed by atoms with Crippen LogP contribution in [0.1, 0.15) is 72.3 Å². The maximum atomic E-state index is 14.1. The van der Waals surface area contributed by atoms with E-state index in [0.717, 1.165) is 48.0 Å². The van der Waals surface area contributed by atoms with Crippen LogP contribution in [0.2, 0.25) is 5.02 Å². The van der Waals surface area contributed by atoms with Crippen molar-refractivity contribution >= 4 is 29.3 Å². The van der Waals surface area contributed by atoms with E-state index in [1.807, 2.05) is 48.6 Å². The van der Waals surface area contributed by atoms with Crippen LogP contribution in [0.15, 0.2) is 42.6 Å². The van der Waals surface area contributed by atoms with Crippen LogP contribution in [0.5, 0.6) is 0 Å². The van der Waals surface area contributed by atoms with Crippen molar-refractivity contribution in [3.05, 3.63) is 75.6 Å². The Labute approximate surface area is 254 Å². The van der Waals surface area contributed by atoms with Gasteiger partial charge in [-0.15, -0.1) is 0 Å². The minimum Gasteiger partial charge on any atom is -0.444 e. The topological polar surface area (TPSA) is 70.9 Å². The molecule has 0 radical (unpaired) electrons. The van der Waals surface area contributed by atoms with Crippen LogP contribution in [-0.4, -0.2) is 76.5 Å². The summed E-state index contributed by atoms with van der Waals surface area (Å²) in [6.45, 7) is 15.8. The lowest BCUT2D eigenvalue weighted by atomic mass is 9.90. The number of aromatic nitrogens is 2. The number of likely N-dealkylation sites (tertiary alicyclic amines) is 1. The van der Waals surface area contributed by atoms with Crippen LogP contribution in [0.25, 0.3) is 5.69 Å². The van der Waals surface area contributed by atoms with Gasteiger partial charge in [0.15, 0.2) is 0 Å². The lowest BCUT2D eigenvalue weighted by molar-refractivity contribution is 0.0203. The summed E-state index contributed by atoms with van der Waals surface area (Å²) in [5, 5.41) is 5.49. The van der Waals surface area contributed by atoms with Gasteiger partial charge in [-0.2, -0.15) is 5.10 Å². The van der Waals surface area contributed by atoms with Crippen LogP contribution in [0.4, 0.5) is 10.5 Å². The van der Waals surface area contributed by atoms with Crippen LogP contribution in [-0.2, 0) is 4.74 Å². The fourth-order valence-corrected chi connectivity index (χ4v) is 6.05. The van der Waals surface area contributed by atoms with E-state index in [2.05, 4.69) is 43.9 Å². The Balaban J connectivity index is 1.38. The Morgan fingerprint density at radius 3 is 2.17 bits per heavy atom. The molecule has 2 aromatic carbocycles. The summed E-state index contributed by atoms with van der Waals surface area (Å²) in [6.07, 6.45) is 2.92. The van der Waals surface area contributed by atoms with E-state index in [4.69, 9.17) is 21.4 Å². The number of hydrogen-bond donors (Lipinski definition) is 0. The molecule has 2 saturated heterocycles. The molecule has 9 heteroatoms. The Morgan fingerprint density at radius 2 is 1.52 bits per heavy atom. The average molecular weight is 592 g/mol. The number of aryl methyl sites for hydroxylation is 3. The van der Waals surface area contributed by atoms with Gasteiger partial charge in [-0.25, -0.2) is 9.48 Å². The van der Waals surface area contributed by atoms with Gasteiger partial charge in [-0.05, 0) is 95.3 Å². The van der Waals surface area contributed by atoms with Crippen molar-refractivity contribution in [3.63, 3.8) is 0 Å². The first-order valence-electron chi connectivity index (χ1n) is 14.8. The van der Waals surface area contributed by atoms with Gasteiger partial charge in [0, 0.05) is 55.9 Å². The average Bonchev–Trinajstić information content (AvgIpc) is 3.40. The van der Waals surface area contributed by atoms with Crippen molar-refractivity contribution in [2.24, 2.45) is 0 Å². The van der Waals surface area contributed by atoms with Crippen LogP contribution < -0.4 is 4.90 Å². The molecule has 0 unspecified atom stereocenters. The standard InChI is InChI=1S/C33H42ClN5O3/c1-22-8-10-27(19-24(22)3)39-30(25-11-13-38(14-12-25)32(41)42-33(4,5)6)28(21-35-39)31(40)37-17-15-36(16-18-37)29-20-26(34)9-7-23(29)2/h7-10,19-21,25H,11-18H2,1-6H3. The molecular weight excluding hydrogens is 550 g/mol. The van der Waals surface area contributed by atoms with Crippen LogP contribution in [0.3, 0.4) is 0 Å². The predicted octanol–water partition coefficient (Wildman–Crippen LogP) is 6.53. The Morgan fingerprint density at radius 1 is 0.857 bits per heavy atom. The predicted molar refractivity (Wildman–Crippen MR) is 167 cm³/mol. The maximum Gasteiger partial charge on any atom is 0.410 e. The van der Waals surface area contributed by atoms with Gasteiger partial charge < -0.3 is 19.4 Å². The summed E-state index contributed by atoms with van der Waals surface area (Å²) in [4.78, 5) is 32.8. The van der Waals surface area contributed by atoms with Gasteiger partial charge in [0.1, 0.15) is 5.60 Å². The van der Waals surface area contributed by atoms with E-state index in [1.54, 1.807) is 11.1 Å². The molecule has 0 saturated carbocycles. The van der Waals surface area contributed by atoms with E-state index in [0.29, 0.717) is 31.7 Å². The van der Waals surface area contributed by atoms with E-state index < -0.39 is 5.60 Å². The highest BCUT2D eigenvalue weighted by molar-refractivity contribution is 6.30. The summed E-state index contributed by atoms with van der Waals surface area (Å²) >= 11 is 6.28. The van der Waals surface area contributed by atoms with Crippen molar-refractivity contribution in [1.29, 1.82) is 0 Å². The molecular formula is C33H42ClN5O3. The number of rotatable bonds is 4. The number of carbonyl (C=O) groups is 2. The zero-order valence-corrected chi connectivity index (χ0v) is 26.4. The fraction of sp³-hybridized carbons (Fsp3) is 0.485. The molecule has 2 amide bonds. The minimum absolute atomic E-state index is 0.0112. The summed E-state index contributed by atoms with van der Waals surface area (Å²) in [5.74, 6) is 0.0965. The highest BCUT2D eigenvalue weighted by atomic mass is 35.5. The van der Waals surface area contributed by atoms with Gasteiger partial charge in [0.05, 0.1) is 23.1 Å². The lowest BCUT2D eigenvalue weighted by Crippen LogP contribution is -2.49. The van der Waals surface area contributed by atoms with E-state index >= 15 is 0 Å². The number of benzene rings is 2. The molecule has 1 aromatic heterocycles. The monoisotopic (exact) mass is 591 g/mol. The second-order valence-electron chi connectivity index (χ2n) is 12.6. The van der Waals surface area contributed by atoms with Crippen LogP contribution in [0, 0.1) is 20.8 Å². The number of ether oxygens (including phenoxy) is 1. The number of anilines is 1. The van der Waals surface area contributed by atoms with E-state index in [-0.39, 0.29) is 17.9 Å². The molecule has 5 rings (SSSR count). The summed E-state index contributed by atoms with van der Waals surface area (Å²) < 4.78 is 7.56. The number of amides is 2. The molecule has 2 aliphatic heterocycles. The molecule has 8 nitrogen and oxygen atoms in total. The zero-order chi connectivity index (χ0) is 30.2. The fourth-order valence-electron chi connectivity index (χ4n) is 5.88. The largest absolute Gasteiger partial charge is 0.444 e. The van der Waals surface area contributed by atoms with E-state index in [1.165, 1.54) is 16.7 Å². The molecule has 0 atom stereocenters. The first-order valence-corrected chi connectivity index (χ1v) is 15.2. The number of carbonyl (C=O) groups excluding carboxylic acids is 2. The first kappa shape index (κ1) is 30.0. The molecule has 2 fully saturated rings. The molecule has 2 aliphatic rings. The Hall–Kier alpha value is -3.52. The van der Waals surface area contributed by atoms with Crippen LogP contribution >= 0.6 is 11.6 Å². The molecule has 224 valence electrons. The normalized spacial score (nSPS) is 16.6. The van der Waals surface area contributed by atoms with Crippen molar-refractivity contribution in [1.82, 2.24) is 19.6 Å². The van der Waals surface area contributed by atoms with Gasteiger partial charge in [0.2, 0.25) is 0 Å². The van der Waals surface area contributed by atoms with Crippen molar-refractivity contribution in [3.8, 4) is 5.69 Å². The number of nitrogens with zero attached hydrogens (tertiary/aromatic N) is 5. The minimum atomic E-state index is -0.537. The maximum absolute atomic E-state index is 14.1. The van der Waals surface area contributed by atoms with Gasteiger partial charge in [0.25, 0.3) is 5.91 Å². The molecule has 3 heterocycles. The third kappa shape index (κ3) is 6.43. The highest BCUT2D eigenvalue weighted by Gasteiger charge is 2.34. The van der Waals surface area contributed by atoms with E-state index in [9.17, 15) is 9.59 Å². The highest BCUT2D eigenvalue weighted by Crippen LogP contribution is 2.34. The molecule has 3 aromatic rings. The van der Waals surface area contributed by atoms with Crippen molar-refractivity contribution in [2.45, 2.75) is 65.9 Å². The van der Waals surface area contributed by atoms with Gasteiger partial charge >= 0.3 is 6.09 Å². The summed E-state index contributed by atoms with van der Waals surface area (Å²) in [7, 11) is 0. The second-order valence-corrected chi connectivity index (χ2v) is 13.0. The lowest BCUT2D eigenvalue weighted by Gasteiger charge is -2.37. The zero-order valence-electron chi connectivity index (χ0n) is 25.6. The molecule has 0 N–H and O–H groups in total. The van der Waals surface area contributed by atoms with Crippen molar-refractivity contribution in [2.75, 3.05) is 44.2 Å². The third-order valence-corrected chi connectivity index (χ3v) is 8.62. The van der Waals surface area contributed by atoms with Gasteiger partial charge in [-0.1, -0.05) is 23.7 Å². The van der Waals surface area contributed by atoms with Crippen molar-refractivity contribution < 1.29 is 14.3 Å². The Bertz CT molecular complexity index is 1460. The number of halogens is 1. The number of hydrogen-bond acceptors (Lipinski definition) is 5. The quantitative estimate of drug-likeness (QED) is 0.345.